The van der Waals surface area contributed by atoms with Crippen molar-refractivity contribution in [3.63, 3.8) is 0 Å². The fraction of sp³-hybridized carbons (Fsp3) is 0.360. The zero-order chi connectivity index (χ0) is 22.5. The molecule has 1 fully saturated rings. The molecule has 0 unspecified atom stereocenters. The van der Waals surface area contributed by atoms with Crippen LogP contribution in [0.1, 0.15) is 24.2 Å². The quantitative estimate of drug-likeness (QED) is 0.588. The average molecular weight is 436 g/mol. The van der Waals surface area contributed by atoms with Gasteiger partial charge < -0.3 is 19.4 Å². The molecule has 2 aromatic carbocycles. The van der Waals surface area contributed by atoms with Gasteiger partial charge in [0.2, 0.25) is 11.8 Å². The number of benzene rings is 2. The Bertz CT molecular complexity index is 1080. The van der Waals surface area contributed by atoms with E-state index in [0.29, 0.717) is 18.8 Å². The first-order valence-electron chi connectivity index (χ1n) is 10.9. The SMILES string of the molecule is COc1ccc2cc(CN(C)C(=O)CN3CCC[C@@H]3C(=O)NCc3ccco3)ccc2c1. The van der Waals surface area contributed by atoms with Gasteiger partial charge in [0.1, 0.15) is 11.5 Å². The molecule has 0 saturated carbocycles. The highest BCUT2D eigenvalue weighted by Crippen LogP contribution is 2.23. The molecule has 0 spiro atoms. The number of carbonyl (C=O) groups is 2. The molecule has 1 saturated heterocycles. The van der Waals surface area contributed by atoms with Crippen LogP contribution in [-0.2, 0) is 22.7 Å². The maximum absolute atomic E-state index is 12.9. The van der Waals surface area contributed by atoms with E-state index < -0.39 is 0 Å². The fourth-order valence-corrected chi connectivity index (χ4v) is 4.17. The Balaban J connectivity index is 1.33. The number of rotatable bonds is 8. The zero-order valence-corrected chi connectivity index (χ0v) is 18.5. The van der Waals surface area contributed by atoms with Gasteiger partial charge in [-0.3, -0.25) is 14.5 Å². The minimum absolute atomic E-state index is 0.00515. The normalized spacial score (nSPS) is 16.2. The molecule has 4 rings (SSSR count). The van der Waals surface area contributed by atoms with E-state index in [-0.39, 0.29) is 24.4 Å². The number of nitrogens with zero attached hydrogens (tertiary/aromatic N) is 2. The van der Waals surface area contributed by atoms with E-state index in [9.17, 15) is 9.59 Å². The average Bonchev–Trinajstić information content (AvgIpc) is 3.49. The predicted molar refractivity (Wildman–Crippen MR) is 122 cm³/mol. The Morgan fingerprint density at radius 2 is 2.00 bits per heavy atom. The summed E-state index contributed by atoms with van der Waals surface area (Å²) in [5.41, 5.74) is 1.06. The molecular formula is C25H29N3O4. The molecular weight excluding hydrogens is 406 g/mol. The van der Waals surface area contributed by atoms with Crippen molar-refractivity contribution in [1.82, 2.24) is 15.1 Å². The third kappa shape index (κ3) is 5.11. The highest BCUT2D eigenvalue weighted by Gasteiger charge is 2.32. The Kier molecular flexibility index (Phi) is 6.75. The van der Waals surface area contributed by atoms with Gasteiger partial charge >= 0.3 is 0 Å². The van der Waals surface area contributed by atoms with Crippen LogP contribution in [0.4, 0.5) is 0 Å². The number of hydrogen-bond donors (Lipinski definition) is 1. The smallest absolute Gasteiger partial charge is 0.237 e. The summed E-state index contributed by atoms with van der Waals surface area (Å²) in [5.74, 6) is 1.49. The summed E-state index contributed by atoms with van der Waals surface area (Å²) < 4.78 is 10.5. The van der Waals surface area contributed by atoms with Crippen molar-refractivity contribution in [2.45, 2.75) is 32.0 Å². The van der Waals surface area contributed by atoms with Gasteiger partial charge in [-0.1, -0.05) is 18.2 Å². The lowest BCUT2D eigenvalue weighted by Crippen LogP contribution is -2.47. The predicted octanol–water partition coefficient (Wildman–Crippen LogP) is 3.18. The zero-order valence-electron chi connectivity index (χ0n) is 18.5. The van der Waals surface area contributed by atoms with Crippen LogP contribution in [0, 0.1) is 0 Å². The highest BCUT2D eigenvalue weighted by molar-refractivity contribution is 5.85. The minimum atomic E-state index is -0.280. The molecule has 168 valence electrons. The van der Waals surface area contributed by atoms with Crippen LogP contribution >= 0.6 is 0 Å². The van der Waals surface area contributed by atoms with E-state index in [1.807, 2.05) is 48.3 Å². The molecule has 0 aliphatic carbocycles. The van der Waals surface area contributed by atoms with Crippen LogP contribution in [0.15, 0.2) is 59.2 Å². The first kappa shape index (κ1) is 21.9. The standard InChI is InChI=1S/C25H29N3O4/c1-27(16-18-7-8-20-14-21(31-2)10-9-19(20)13-18)24(29)17-28-11-3-6-23(28)25(30)26-15-22-5-4-12-32-22/h4-5,7-10,12-14,23H,3,6,11,15-17H2,1-2H3,(H,26,30)/t23-/m1/s1. The first-order chi connectivity index (χ1) is 15.5. The van der Waals surface area contributed by atoms with Crippen molar-refractivity contribution in [3.8, 4) is 5.75 Å². The van der Waals surface area contributed by atoms with Crippen molar-refractivity contribution < 1.29 is 18.7 Å². The summed E-state index contributed by atoms with van der Waals surface area (Å²) in [4.78, 5) is 29.2. The molecule has 3 aromatic rings. The monoisotopic (exact) mass is 435 g/mol. The van der Waals surface area contributed by atoms with Gasteiger partial charge in [-0.05, 0) is 66.1 Å². The van der Waals surface area contributed by atoms with E-state index in [4.69, 9.17) is 9.15 Å². The molecule has 1 aliphatic rings. The summed E-state index contributed by atoms with van der Waals surface area (Å²) in [7, 11) is 3.46. The lowest BCUT2D eigenvalue weighted by Gasteiger charge is -2.26. The third-order valence-electron chi connectivity index (χ3n) is 5.98. The van der Waals surface area contributed by atoms with Crippen molar-refractivity contribution in [2.24, 2.45) is 0 Å². The summed E-state index contributed by atoms with van der Waals surface area (Å²) >= 11 is 0. The first-order valence-corrected chi connectivity index (χ1v) is 10.9. The lowest BCUT2D eigenvalue weighted by molar-refractivity contribution is -0.133. The number of nitrogens with one attached hydrogen (secondary N) is 1. The van der Waals surface area contributed by atoms with Crippen LogP contribution in [-0.4, -0.2) is 54.9 Å². The molecule has 32 heavy (non-hydrogen) atoms. The molecule has 1 N–H and O–H groups in total. The van der Waals surface area contributed by atoms with E-state index in [0.717, 1.165) is 41.5 Å². The maximum atomic E-state index is 12.9. The fourth-order valence-electron chi connectivity index (χ4n) is 4.17. The van der Waals surface area contributed by atoms with Gasteiger partial charge in [0.25, 0.3) is 0 Å². The number of carbonyl (C=O) groups excluding carboxylic acids is 2. The maximum Gasteiger partial charge on any atom is 0.237 e. The second-order valence-electron chi connectivity index (χ2n) is 8.22. The topological polar surface area (TPSA) is 75.0 Å². The van der Waals surface area contributed by atoms with Crippen molar-refractivity contribution >= 4 is 22.6 Å². The second-order valence-corrected chi connectivity index (χ2v) is 8.22. The number of ether oxygens (including phenoxy) is 1. The summed E-state index contributed by atoms with van der Waals surface area (Å²) in [6, 6.07) is 15.5. The number of methoxy groups -OCH3 is 1. The Labute approximate surface area is 187 Å². The van der Waals surface area contributed by atoms with E-state index in [2.05, 4.69) is 11.4 Å². The van der Waals surface area contributed by atoms with Crippen molar-refractivity contribution in [3.05, 3.63) is 66.1 Å². The molecule has 7 nitrogen and oxygen atoms in total. The van der Waals surface area contributed by atoms with Gasteiger partial charge in [0, 0.05) is 13.6 Å². The minimum Gasteiger partial charge on any atom is -0.497 e. The third-order valence-corrected chi connectivity index (χ3v) is 5.98. The Morgan fingerprint density at radius 3 is 2.78 bits per heavy atom. The van der Waals surface area contributed by atoms with Crippen molar-refractivity contribution in [1.29, 1.82) is 0 Å². The molecule has 2 heterocycles. The second kappa shape index (κ2) is 9.87. The van der Waals surface area contributed by atoms with Gasteiger partial charge in [0.15, 0.2) is 0 Å². The van der Waals surface area contributed by atoms with Gasteiger partial charge in [-0.25, -0.2) is 0 Å². The molecule has 0 bridgehead atoms. The number of likely N-dealkylation sites (tertiary alicyclic amines) is 1. The number of amides is 2. The van der Waals surface area contributed by atoms with E-state index in [1.54, 1.807) is 24.3 Å². The highest BCUT2D eigenvalue weighted by atomic mass is 16.5. The van der Waals surface area contributed by atoms with E-state index in [1.165, 1.54) is 0 Å². The number of fused-ring (bicyclic) bond motifs is 1. The number of furan rings is 1. The number of hydrogen-bond acceptors (Lipinski definition) is 5. The molecule has 1 aromatic heterocycles. The molecule has 1 atom stereocenters. The van der Waals surface area contributed by atoms with Gasteiger partial charge in [-0.2, -0.15) is 0 Å². The van der Waals surface area contributed by atoms with Crippen LogP contribution in [0.3, 0.4) is 0 Å². The van der Waals surface area contributed by atoms with Crippen LogP contribution in [0.5, 0.6) is 5.75 Å². The molecule has 1 aliphatic heterocycles. The molecule has 0 radical (unpaired) electrons. The van der Waals surface area contributed by atoms with Crippen LogP contribution < -0.4 is 10.1 Å². The molecule has 7 heteroatoms. The molecule has 2 amide bonds. The number of likely N-dealkylation sites (N-methyl/N-ethyl adjacent to an activating group) is 1. The lowest BCUT2D eigenvalue weighted by atomic mass is 10.1. The van der Waals surface area contributed by atoms with Gasteiger partial charge in [-0.15, -0.1) is 0 Å². The van der Waals surface area contributed by atoms with Gasteiger partial charge in [0.05, 0.1) is 32.5 Å². The largest absolute Gasteiger partial charge is 0.497 e. The van der Waals surface area contributed by atoms with Crippen LogP contribution in [0.25, 0.3) is 10.8 Å². The van der Waals surface area contributed by atoms with Crippen LogP contribution in [0.2, 0.25) is 0 Å². The Hall–Kier alpha value is -3.32. The summed E-state index contributed by atoms with van der Waals surface area (Å²) in [5, 5.41) is 5.12. The van der Waals surface area contributed by atoms with E-state index >= 15 is 0 Å². The Morgan fingerprint density at radius 1 is 1.19 bits per heavy atom. The van der Waals surface area contributed by atoms with Crippen molar-refractivity contribution in [2.75, 3.05) is 27.2 Å². The summed E-state index contributed by atoms with van der Waals surface area (Å²) in [6.45, 7) is 1.86. The summed E-state index contributed by atoms with van der Waals surface area (Å²) in [6.07, 6.45) is 3.25.